The molecule has 2 rings (SSSR count). The van der Waals surface area contributed by atoms with Crippen LogP contribution < -0.4 is 5.32 Å². The van der Waals surface area contributed by atoms with E-state index >= 15 is 0 Å². The van der Waals surface area contributed by atoms with Crippen LogP contribution in [0.5, 0.6) is 0 Å². The summed E-state index contributed by atoms with van der Waals surface area (Å²) in [5, 5.41) is 5.78. The summed E-state index contributed by atoms with van der Waals surface area (Å²) in [5.74, 6) is 0.723. The first-order chi connectivity index (χ1) is 10.3. The van der Waals surface area contributed by atoms with Gasteiger partial charge in [0.2, 0.25) is 0 Å². The molecule has 2 heteroatoms. The molecule has 1 nitrogen and oxygen atoms in total. The highest BCUT2D eigenvalue weighted by Gasteiger charge is 2.10. The monoisotopic (exact) mass is 301 g/mol. The summed E-state index contributed by atoms with van der Waals surface area (Å²) in [6.45, 7) is 6.64. The molecule has 1 atom stereocenters. The first kappa shape index (κ1) is 16.3. The molecule has 0 aliphatic heterocycles. The molecule has 1 unspecified atom stereocenters. The molecule has 2 aromatic rings. The molecule has 0 radical (unpaired) electrons. The minimum absolute atomic E-state index is 0.723. The van der Waals surface area contributed by atoms with Crippen molar-refractivity contribution in [1.82, 2.24) is 5.32 Å². The smallest absolute Gasteiger partial charge is 0.00453 e. The van der Waals surface area contributed by atoms with Crippen molar-refractivity contribution in [3.05, 3.63) is 57.8 Å². The number of benzene rings is 1. The van der Waals surface area contributed by atoms with E-state index in [0.717, 1.165) is 19.0 Å². The van der Waals surface area contributed by atoms with Crippen LogP contribution >= 0.6 is 11.3 Å². The summed E-state index contributed by atoms with van der Waals surface area (Å²) in [5.41, 5.74) is 2.81. The maximum atomic E-state index is 3.60. The van der Waals surface area contributed by atoms with Gasteiger partial charge < -0.3 is 5.32 Å². The molecular weight excluding hydrogens is 274 g/mol. The molecule has 0 fully saturated rings. The molecule has 0 aliphatic carbocycles. The SMILES string of the molecule is CCCNCC(CCc1cccs1)Cc1ccc(C)cc1. The van der Waals surface area contributed by atoms with Crippen LogP contribution in [0.1, 0.15) is 35.8 Å². The Balaban J connectivity index is 1.88. The van der Waals surface area contributed by atoms with Crippen LogP contribution in [0, 0.1) is 12.8 Å². The Morgan fingerprint density at radius 1 is 1.14 bits per heavy atom. The lowest BCUT2D eigenvalue weighted by Gasteiger charge is -2.17. The average molecular weight is 301 g/mol. The minimum atomic E-state index is 0.723. The molecule has 0 saturated carbocycles. The van der Waals surface area contributed by atoms with E-state index in [0.29, 0.717) is 0 Å². The third-order valence-electron chi connectivity index (χ3n) is 3.88. The van der Waals surface area contributed by atoms with Crippen LogP contribution in [-0.4, -0.2) is 13.1 Å². The van der Waals surface area contributed by atoms with E-state index in [9.17, 15) is 0 Å². The van der Waals surface area contributed by atoms with Crippen molar-refractivity contribution in [2.24, 2.45) is 5.92 Å². The second kappa shape index (κ2) is 9.01. The summed E-state index contributed by atoms with van der Waals surface area (Å²) in [6.07, 6.45) is 4.87. The Hall–Kier alpha value is -1.12. The van der Waals surface area contributed by atoms with Crippen molar-refractivity contribution in [3.8, 4) is 0 Å². The highest BCUT2D eigenvalue weighted by molar-refractivity contribution is 7.09. The predicted octanol–water partition coefficient (Wildman–Crippen LogP) is 4.85. The zero-order valence-corrected chi connectivity index (χ0v) is 14.1. The van der Waals surface area contributed by atoms with Crippen LogP contribution in [-0.2, 0) is 12.8 Å². The van der Waals surface area contributed by atoms with Gasteiger partial charge in [0.1, 0.15) is 0 Å². The maximum Gasteiger partial charge on any atom is 0.00453 e. The highest BCUT2D eigenvalue weighted by atomic mass is 32.1. The van der Waals surface area contributed by atoms with Crippen LogP contribution in [0.25, 0.3) is 0 Å². The Morgan fingerprint density at radius 3 is 2.62 bits per heavy atom. The number of rotatable bonds is 9. The molecule has 0 amide bonds. The summed E-state index contributed by atoms with van der Waals surface area (Å²) >= 11 is 1.88. The van der Waals surface area contributed by atoms with Gasteiger partial charge in [0.15, 0.2) is 0 Å². The third kappa shape index (κ3) is 6.03. The van der Waals surface area contributed by atoms with E-state index in [1.165, 1.54) is 41.7 Å². The van der Waals surface area contributed by atoms with Gasteiger partial charge in [0.25, 0.3) is 0 Å². The third-order valence-corrected chi connectivity index (χ3v) is 4.82. The fraction of sp³-hybridized carbons (Fsp3) is 0.474. The van der Waals surface area contributed by atoms with Gasteiger partial charge in [-0.25, -0.2) is 0 Å². The van der Waals surface area contributed by atoms with E-state index in [1.54, 1.807) is 0 Å². The zero-order chi connectivity index (χ0) is 14.9. The largest absolute Gasteiger partial charge is 0.316 e. The quantitative estimate of drug-likeness (QED) is 0.653. The molecule has 1 heterocycles. The van der Waals surface area contributed by atoms with Crippen molar-refractivity contribution < 1.29 is 0 Å². The topological polar surface area (TPSA) is 12.0 Å². The summed E-state index contributed by atoms with van der Waals surface area (Å²) < 4.78 is 0. The van der Waals surface area contributed by atoms with Gasteiger partial charge in [-0.15, -0.1) is 11.3 Å². The molecule has 0 saturated heterocycles. The van der Waals surface area contributed by atoms with Crippen molar-refractivity contribution >= 4 is 11.3 Å². The summed E-state index contributed by atoms with van der Waals surface area (Å²) in [6, 6.07) is 13.4. The Morgan fingerprint density at radius 2 is 1.95 bits per heavy atom. The number of thiophene rings is 1. The lowest BCUT2D eigenvalue weighted by atomic mass is 9.94. The van der Waals surface area contributed by atoms with Gasteiger partial charge in [-0.3, -0.25) is 0 Å². The van der Waals surface area contributed by atoms with Crippen molar-refractivity contribution in [2.45, 2.75) is 39.5 Å². The number of hydrogen-bond acceptors (Lipinski definition) is 2. The fourth-order valence-electron chi connectivity index (χ4n) is 2.62. The number of nitrogens with one attached hydrogen (secondary N) is 1. The van der Waals surface area contributed by atoms with E-state index in [-0.39, 0.29) is 0 Å². The van der Waals surface area contributed by atoms with Crippen molar-refractivity contribution in [1.29, 1.82) is 0 Å². The minimum Gasteiger partial charge on any atom is -0.316 e. The molecule has 0 bridgehead atoms. The van der Waals surface area contributed by atoms with E-state index in [1.807, 2.05) is 11.3 Å². The number of aryl methyl sites for hydroxylation is 2. The van der Waals surface area contributed by atoms with Crippen LogP contribution in [0.4, 0.5) is 0 Å². The molecular formula is C19H27NS. The van der Waals surface area contributed by atoms with Gasteiger partial charge in [0.05, 0.1) is 0 Å². The molecule has 1 N–H and O–H groups in total. The predicted molar refractivity (Wildman–Crippen MR) is 94.2 cm³/mol. The van der Waals surface area contributed by atoms with Gasteiger partial charge in [-0.2, -0.15) is 0 Å². The molecule has 21 heavy (non-hydrogen) atoms. The average Bonchev–Trinajstić information content (AvgIpc) is 3.00. The number of hydrogen-bond donors (Lipinski definition) is 1. The normalized spacial score (nSPS) is 12.5. The second-order valence-electron chi connectivity index (χ2n) is 5.88. The van der Waals surface area contributed by atoms with E-state index in [2.05, 4.69) is 60.9 Å². The standard InChI is InChI=1S/C19H27NS/c1-3-12-20-15-18(10-11-19-5-4-13-21-19)14-17-8-6-16(2)7-9-17/h4-9,13,18,20H,3,10-12,14-15H2,1-2H3. The van der Waals surface area contributed by atoms with E-state index in [4.69, 9.17) is 0 Å². The first-order valence-corrected chi connectivity index (χ1v) is 8.94. The van der Waals surface area contributed by atoms with Gasteiger partial charge in [0, 0.05) is 4.88 Å². The lowest BCUT2D eigenvalue weighted by molar-refractivity contribution is 0.445. The Bertz CT molecular complexity index is 487. The molecule has 114 valence electrons. The Labute approximate surface area is 133 Å². The first-order valence-electron chi connectivity index (χ1n) is 8.06. The maximum absolute atomic E-state index is 3.60. The van der Waals surface area contributed by atoms with Gasteiger partial charge >= 0.3 is 0 Å². The summed E-state index contributed by atoms with van der Waals surface area (Å²) in [7, 11) is 0. The lowest BCUT2D eigenvalue weighted by Crippen LogP contribution is -2.25. The molecule has 1 aromatic heterocycles. The second-order valence-corrected chi connectivity index (χ2v) is 6.91. The van der Waals surface area contributed by atoms with Gasteiger partial charge in [-0.05, 0) is 68.6 Å². The summed E-state index contributed by atoms with van der Waals surface area (Å²) in [4.78, 5) is 1.51. The van der Waals surface area contributed by atoms with E-state index < -0.39 is 0 Å². The van der Waals surface area contributed by atoms with Crippen molar-refractivity contribution in [3.63, 3.8) is 0 Å². The van der Waals surface area contributed by atoms with Crippen LogP contribution in [0.2, 0.25) is 0 Å². The Kier molecular flexibility index (Phi) is 6.98. The molecule has 0 aliphatic rings. The van der Waals surface area contributed by atoms with Crippen LogP contribution in [0.3, 0.4) is 0 Å². The van der Waals surface area contributed by atoms with Crippen molar-refractivity contribution in [2.75, 3.05) is 13.1 Å². The van der Waals surface area contributed by atoms with Gasteiger partial charge in [-0.1, -0.05) is 42.8 Å². The van der Waals surface area contributed by atoms with Crippen LogP contribution in [0.15, 0.2) is 41.8 Å². The fourth-order valence-corrected chi connectivity index (χ4v) is 3.34. The molecule has 1 aromatic carbocycles. The highest BCUT2D eigenvalue weighted by Crippen LogP contribution is 2.18. The molecule has 0 spiro atoms. The zero-order valence-electron chi connectivity index (χ0n) is 13.3.